The number of nitrogens with one attached hydrogen (secondary N) is 1. The number of carbonyl (C=O) groups is 1. The van der Waals surface area contributed by atoms with Gasteiger partial charge in [0.15, 0.2) is 0 Å². The second-order valence-electron chi connectivity index (χ2n) is 6.13. The Morgan fingerprint density at radius 3 is 2.91 bits per heavy atom. The monoisotopic (exact) mass is 309 g/mol. The topological polar surface area (TPSA) is 58.6 Å². The van der Waals surface area contributed by atoms with Crippen molar-refractivity contribution >= 4 is 5.91 Å². The number of hydrogen-bond acceptors (Lipinski definition) is 3. The quantitative estimate of drug-likeness (QED) is 0.878. The molecule has 0 radical (unpaired) electrons. The molecule has 122 valence electrons. The van der Waals surface area contributed by atoms with Gasteiger partial charge in [-0.3, -0.25) is 4.79 Å². The molecule has 1 amide bonds. The minimum atomic E-state index is -0.449. The van der Waals surface area contributed by atoms with Crippen molar-refractivity contribution in [1.29, 1.82) is 0 Å². The van der Waals surface area contributed by atoms with E-state index in [0.717, 1.165) is 12.8 Å². The highest BCUT2D eigenvalue weighted by atomic mass is 19.1. The molecule has 1 saturated heterocycles. The van der Waals surface area contributed by atoms with E-state index in [1.54, 1.807) is 6.07 Å². The maximum atomic E-state index is 13.6. The highest BCUT2D eigenvalue weighted by Gasteiger charge is 2.33. The van der Waals surface area contributed by atoms with E-state index in [2.05, 4.69) is 19.2 Å². The van der Waals surface area contributed by atoms with E-state index in [1.807, 2.05) is 0 Å². The second kappa shape index (κ2) is 7.70. The first-order valence-corrected chi connectivity index (χ1v) is 7.80. The number of amides is 1. The van der Waals surface area contributed by atoms with Crippen LogP contribution < -0.4 is 5.32 Å². The molecule has 0 spiro atoms. The summed E-state index contributed by atoms with van der Waals surface area (Å²) in [4.78, 5) is 12.4. The molecule has 4 nitrogen and oxygen atoms in total. The molecule has 5 heteroatoms. The summed E-state index contributed by atoms with van der Waals surface area (Å²) in [6, 6.07) is 4.60. The normalized spacial score (nSPS) is 21.9. The predicted octanol–water partition coefficient (Wildman–Crippen LogP) is 2.39. The van der Waals surface area contributed by atoms with Crippen LogP contribution in [0, 0.1) is 17.7 Å². The van der Waals surface area contributed by atoms with Gasteiger partial charge in [0.2, 0.25) is 5.91 Å². The number of rotatable bonds is 5. The lowest BCUT2D eigenvalue weighted by atomic mass is 9.87. The van der Waals surface area contributed by atoms with Gasteiger partial charge in [-0.15, -0.1) is 0 Å². The molecule has 0 aromatic heterocycles. The van der Waals surface area contributed by atoms with E-state index < -0.39 is 5.82 Å². The third-order valence-corrected chi connectivity index (χ3v) is 4.11. The largest absolute Gasteiger partial charge is 0.392 e. The van der Waals surface area contributed by atoms with Crippen LogP contribution in [0.25, 0.3) is 0 Å². The maximum absolute atomic E-state index is 13.6. The first-order chi connectivity index (χ1) is 10.5. The van der Waals surface area contributed by atoms with Crippen molar-refractivity contribution in [2.75, 3.05) is 6.61 Å². The lowest BCUT2D eigenvalue weighted by Crippen LogP contribution is -2.43. The van der Waals surface area contributed by atoms with Gasteiger partial charge < -0.3 is 15.2 Å². The van der Waals surface area contributed by atoms with Crippen LogP contribution in [0.15, 0.2) is 18.2 Å². The highest BCUT2D eigenvalue weighted by Crippen LogP contribution is 2.26. The fourth-order valence-corrected chi connectivity index (χ4v) is 2.89. The Kier molecular flexibility index (Phi) is 5.91. The predicted molar refractivity (Wildman–Crippen MR) is 81.5 cm³/mol. The van der Waals surface area contributed by atoms with Gasteiger partial charge in [-0.2, -0.15) is 0 Å². The van der Waals surface area contributed by atoms with Gasteiger partial charge in [0, 0.05) is 18.7 Å². The zero-order valence-corrected chi connectivity index (χ0v) is 13.1. The Morgan fingerprint density at radius 2 is 2.27 bits per heavy atom. The van der Waals surface area contributed by atoms with Gasteiger partial charge in [-0.25, -0.2) is 4.39 Å². The summed E-state index contributed by atoms with van der Waals surface area (Å²) in [5.74, 6) is -0.340. The first kappa shape index (κ1) is 16.9. The minimum absolute atomic E-state index is 0.0370. The van der Waals surface area contributed by atoms with Crippen LogP contribution in [-0.2, 0) is 22.7 Å². The Hall–Kier alpha value is -1.46. The number of aliphatic hydroxyl groups is 1. The lowest BCUT2D eigenvalue weighted by Gasteiger charge is -2.33. The van der Waals surface area contributed by atoms with Gasteiger partial charge >= 0.3 is 0 Å². The van der Waals surface area contributed by atoms with Crippen LogP contribution >= 0.6 is 0 Å². The van der Waals surface area contributed by atoms with Crippen LogP contribution in [0.4, 0.5) is 4.39 Å². The molecule has 1 aliphatic heterocycles. The Morgan fingerprint density at radius 1 is 1.50 bits per heavy atom. The fourth-order valence-electron chi connectivity index (χ4n) is 2.89. The molecular weight excluding hydrogens is 285 g/mol. The van der Waals surface area contributed by atoms with Crippen molar-refractivity contribution in [3.63, 3.8) is 0 Å². The van der Waals surface area contributed by atoms with E-state index in [-0.39, 0.29) is 42.6 Å². The van der Waals surface area contributed by atoms with Crippen LogP contribution in [0.5, 0.6) is 0 Å². The van der Waals surface area contributed by atoms with Gasteiger partial charge in [0.1, 0.15) is 5.82 Å². The van der Waals surface area contributed by atoms with E-state index in [0.29, 0.717) is 12.2 Å². The molecule has 1 aromatic carbocycles. The van der Waals surface area contributed by atoms with Gasteiger partial charge in [0.25, 0.3) is 0 Å². The number of ether oxygens (including phenoxy) is 1. The molecule has 22 heavy (non-hydrogen) atoms. The number of hydrogen-bond donors (Lipinski definition) is 2. The SMILES string of the molecule is CC(C)[C@H]1OCCC[C@@H]1C(=O)NCc1ccc(CO)c(F)c1. The highest BCUT2D eigenvalue weighted by molar-refractivity contribution is 5.79. The maximum Gasteiger partial charge on any atom is 0.226 e. The standard InChI is InChI=1S/C17H24FNO3/c1-11(2)16-14(4-3-7-22-16)17(21)19-9-12-5-6-13(10-20)15(18)8-12/h5-6,8,11,14,16,20H,3-4,7,9-10H2,1-2H3,(H,19,21)/t14-,16+/m0/s1. The molecule has 2 atom stereocenters. The van der Waals surface area contributed by atoms with Crippen molar-refractivity contribution in [2.24, 2.45) is 11.8 Å². The van der Waals surface area contributed by atoms with E-state index in [9.17, 15) is 9.18 Å². The van der Waals surface area contributed by atoms with E-state index in [1.165, 1.54) is 12.1 Å². The number of carbonyl (C=O) groups excluding carboxylic acids is 1. The summed E-state index contributed by atoms with van der Waals surface area (Å²) in [7, 11) is 0. The van der Waals surface area contributed by atoms with Crippen LogP contribution in [0.3, 0.4) is 0 Å². The molecule has 0 saturated carbocycles. The fraction of sp³-hybridized carbons (Fsp3) is 0.588. The van der Waals surface area contributed by atoms with Crippen molar-refractivity contribution in [1.82, 2.24) is 5.32 Å². The number of halogens is 1. The van der Waals surface area contributed by atoms with E-state index in [4.69, 9.17) is 9.84 Å². The smallest absolute Gasteiger partial charge is 0.226 e. The first-order valence-electron chi connectivity index (χ1n) is 7.80. The summed E-state index contributed by atoms with van der Waals surface area (Å²) < 4.78 is 19.3. The molecule has 0 unspecified atom stereocenters. The number of benzene rings is 1. The average Bonchev–Trinajstić information content (AvgIpc) is 2.52. The Labute approximate surface area is 130 Å². The zero-order chi connectivity index (χ0) is 16.1. The van der Waals surface area contributed by atoms with Gasteiger partial charge in [-0.05, 0) is 30.4 Å². The summed E-state index contributed by atoms with van der Waals surface area (Å²) >= 11 is 0. The average molecular weight is 309 g/mol. The summed E-state index contributed by atoms with van der Waals surface area (Å²) in [6.07, 6.45) is 1.66. The Bertz CT molecular complexity index is 519. The van der Waals surface area contributed by atoms with Crippen molar-refractivity contribution < 1.29 is 19.0 Å². The third kappa shape index (κ3) is 4.05. The second-order valence-corrected chi connectivity index (χ2v) is 6.13. The van der Waals surface area contributed by atoms with E-state index >= 15 is 0 Å². The summed E-state index contributed by atoms with van der Waals surface area (Å²) in [5.41, 5.74) is 0.941. The molecular formula is C17H24FNO3. The van der Waals surface area contributed by atoms with Crippen LogP contribution in [0.2, 0.25) is 0 Å². The summed E-state index contributed by atoms with van der Waals surface area (Å²) in [6.45, 7) is 4.77. The van der Waals surface area contributed by atoms with Crippen LogP contribution in [0.1, 0.15) is 37.8 Å². The molecule has 1 heterocycles. The van der Waals surface area contributed by atoms with Crippen LogP contribution in [-0.4, -0.2) is 23.7 Å². The van der Waals surface area contributed by atoms with Crippen molar-refractivity contribution in [3.8, 4) is 0 Å². The molecule has 0 bridgehead atoms. The lowest BCUT2D eigenvalue weighted by molar-refractivity contribution is -0.137. The minimum Gasteiger partial charge on any atom is -0.392 e. The molecule has 2 rings (SSSR count). The molecule has 2 N–H and O–H groups in total. The molecule has 1 fully saturated rings. The molecule has 0 aliphatic carbocycles. The van der Waals surface area contributed by atoms with Gasteiger partial charge in [-0.1, -0.05) is 26.0 Å². The molecule has 1 aliphatic rings. The van der Waals surface area contributed by atoms with Crippen molar-refractivity contribution in [3.05, 3.63) is 35.1 Å². The molecule has 1 aromatic rings. The van der Waals surface area contributed by atoms with Crippen molar-refractivity contribution in [2.45, 2.75) is 45.9 Å². The van der Waals surface area contributed by atoms with Gasteiger partial charge in [0.05, 0.1) is 18.6 Å². The number of aliphatic hydroxyl groups excluding tert-OH is 1. The third-order valence-electron chi connectivity index (χ3n) is 4.11. The zero-order valence-electron chi connectivity index (χ0n) is 13.1. The summed E-state index contributed by atoms with van der Waals surface area (Å²) in [5, 5.41) is 11.8. The Balaban J connectivity index is 1.95.